The second-order valence-corrected chi connectivity index (χ2v) is 2.46. The van der Waals surface area contributed by atoms with Crippen molar-refractivity contribution in [3.05, 3.63) is 0 Å². The summed E-state index contributed by atoms with van der Waals surface area (Å²) in [4.78, 5) is 10.5. The van der Waals surface area contributed by atoms with Crippen LogP contribution in [0.5, 0.6) is 0 Å². The van der Waals surface area contributed by atoms with Crippen LogP contribution in [-0.4, -0.2) is 29.3 Å². The summed E-state index contributed by atoms with van der Waals surface area (Å²) < 4.78 is 0. The van der Waals surface area contributed by atoms with Crippen molar-refractivity contribution in [3.63, 3.8) is 0 Å². The van der Waals surface area contributed by atoms with E-state index in [9.17, 15) is 4.79 Å². The Labute approximate surface area is 58.8 Å². The minimum atomic E-state index is -0.0634. The second-order valence-electron chi connectivity index (χ2n) is 1.39. The summed E-state index contributed by atoms with van der Waals surface area (Å²) in [5, 5.41) is 10.8. The van der Waals surface area contributed by atoms with E-state index in [4.69, 9.17) is 5.11 Å². The van der Waals surface area contributed by atoms with Gasteiger partial charge in [-0.25, -0.2) is 0 Å². The molecule has 0 aromatic rings. The molecule has 4 heteroatoms. The van der Waals surface area contributed by atoms with Crippen LogP contribution in [0.4, 0.5) is 4.79 Å². The van der Waals surface area contributed by atoms with Gasteiger partial charge in [-0.3, -0.25) is 4.79 Å². The van der Waals surface area contributed by atoms with E-state index in [0.29, 0.717) is 12.3 Å². The van der Waals surface area contributed by atoms with Gasteiger partial charge in [0.2, 0.25) is 0 Å². The number of aliphatic hydroxyl groups excluding tert-OH is 1. The summed E-state index contributed by atoms with van der Waals surface area (Å²) in [6, 6.07) is 0. The highest BCUT2D eigenvalue weighted by Gasteiger charge is 1.96. The summed E-state index contributed by atoms with van der Waals surface area (Å²) in [6.45, 7) is 2.57. The Morgan fingerprint density at radius 1 is 1.78 bits per heavy atom. The molecule has 0 aliphatic rings. The zero-order valence-electron chi connectivity index (χ0n) is 5.39. The van der Waals surface area contributed by atoms with Crippen LogP contribution in [0.1, 0.15) is 6.92 Å². The van der Waals surface area contributed by atoms with Gasteiger partial charge in [0.25, 0.3) is 5.24 Å². The molecular formula is C5H11NO2S. The molecule has 1 amide bonds. The summed E-state index contributed by atoms with van der Waals surface area (Å²) >= 11 is 1.10. The number of hydrogen-bond acceptors (Lipinski definition) is 3. The fourth-order valence-electron chi connectivity index (χ4n) is 0.334. The lowest BCUT2D eigenvalue weighted by Crippen LogP contribution is -2.18. The first-order chi connectivity index (χ1) is 4.31. The third-order valence-electron chi connectivity index (χ3n) is 0.646. The van der Waals surface area contributed by atoms with Crippen molar-refractivity contribution in [2.45, 2.75) is 6.92 Å². The molecule has 0 heterocycles. The Morgan fingerprint density at radius 3 is 2.89 bits per heavy atom. The van der Waals surface area contributed by atoms with Crippen LogP contribution >= 0.6 is 11.8 Å². The first-order valence-electron chi connectivity index (χ1n) is 2.82. The van der Waals surface area contributed by atoms with Gasteiger partial charge in [0.1, 0.15) is 0 Å². The SMILES string of the molecule is CCNC(=O)SCCO. The molecule has 9 heavy (non-hydrogen) atoms. The highest BCUT2D eigenvalue weighted by Crippen LogP contribution is 1.98. The number of thioether (sulfide) groups is 1. The van der Waals surface area contributed by atoms with E-state index in [1.807, 2.05) is 6.92 Å². The number of nitrogens with one attached hydrogen (secondary N) is 1. The molecule has 0 aromatic heterocycles. The molecule has 0 aromatic carbocycles. The van der Waals surface area contributed by atoms with Crippen molar-refractivity contribution in [2.24, 2.45) is 0 Å². The van der Waals surface area contributed by atoms with Crippen molar-refractivity contribution < 1.29 is 9.90 Å². The standard InChI is InChI=1S/C5H11NO2S/c1-2-6-5(8)9-4-3-7/h7H,2-4H2,1H3,(H,6,8). The number of carbonyl (C=O) groups excluding carboxylic acids is 1. The van der Waals surface area contributed by atoms with Crippen molar-refractivity contribution in [1.29, 1.82) is 0 Å². The molecule has 0 radical (unpaired) electrons. The van der Waals surface area contributed by atoms with Crippen molar-refractivity contribution in [1.82, 2.24) is 5.32 Å². The minimum absolute atomic E-state index is 0.0573. The first kappa shape index (κ1) is 8.78. The Hall–Kier alpha value is -0.220. The zero-order valence-corrected chi connectivity index (χ0v) is 6.20. The van der Waals surface area contributed by atoms with Crippen molar-refractivity contribution in [3.8, 4) is 0 Å². The van der Waals surface area contributed by atoms with Crippen LogP contribution in [0.2, 0.25) is 0 Å². The van der Waals surface area contributed by atoms with E-state index in [0.717, 1.165) is 11.8 Å². The van der Waals surface area contributed by atoms with Gasteiger partial charge in [-0.15, -0.1) is 0 Å². The van der Waals surface area contributed by atoms with E-state index in [1.54, 1.807) is 0 Å². The number of amides is 1. The van der Waals surface area contributed by atoms with Crippen LogP contribution in [0.3, 0.4) is 0 Å². The number of carbonyl (C=O) groups is 1. The minimum Gasteiger partial charge on any atom is -0.396 e. The van der Waals surface area contributed by atoms with Crippen molar-refractivity contribution in [2.75, 3.05) is 18.9 Å². The predicted octanol–water partition coefficient (Wildman–Crippen LogP) is 0.441. The highest BCUT2D eigenvalue weighted by atomic mass is 32.2. The molecule has 0 aliphatic heterocycles. The van der Waals surface area contributed by atoms with E-state index in [-0.39, 0.29) is 11.8 Å². The molecule has 54 valence electrons. The average Bonchev–Trinajstić information content (AvgIpc) is 1.85. The summed E-state index contributed by atoms with van der Waals surface area (Å²) in [7, 11) is 0. The fraction of sp³-hybridized carbons (Fsp3) is 0.800. The molecular weight excluding hydrogens is 138 g/mol. The average molecular weight is 149 g/mol. The van der Waals surface area contributed by atoms with E-state index in [1.165, 1.54) is 0 Å². The molecule has 0 unspecified atom stereocenters. The number of hydrogen-bond donors (Lipinski definition) is 2. The third-order valence-corrected chi connectivity index (χ3v) is 1.44. The number of rotatable bonds is 3. The largest absolute Gasteiger partial charge is 0.396 e. The van der Waals surface area contributed by atoms with Gasteiger partial charge in [0.15, 0.2) is 0 Å². The Morgan fingerprint density at radius 2 is 2.44 bits per heavy atom. The summed E-state index contributed by atoms with van der Waals surface area (Å²) in [6.07, 6.45) is 0. The van der Waals surface area contributed by atoms with Crippen LogP contribution < -0.4 is 5.32 Å². The lowest BCUT2D eigenvalue weighted by atomic mass is 10.8. The van der Waals surface area contributed by atoms with Gasteiger partial charge in [-0.2, -0.15) is 0 Å². The molecule has 2 N–H and O–H groups in total. The Kier molecular flexibility index (Phi) is 5.76. The van der Waals surface area contributed by atoms with E-state index in [2.05, 4.69) is 5.32 Å². The van der Waals surface area contributed by atoms with Gasteiger partial charge in [0.05, 0.1) is 6.61 Å². The normalized spacial score (nSPS) is 9.11. The maximum Gasteiger partial charge on any atom is 0.279 e. The molecule has 0 rings (SSSR count). The van der Waals surface area contributed by atoms with E-state index < -0.39 is 0 Å². The van der Waals surface area contributed by atoms with Gasteiger partial charge in [-0.05, 0) is 6.92 Å². The first-order valence-corrected chi connectivity index (χ1v) is 3.81. The molecule has 0 fully saturated rings. The second kappa shape index (κ2) is 5.91. The van der Waals surface area contributed by atoms with Crippen LogP contribution in [0.15, 0.2) is 0 Å². The van der Waals surface area contributed by atoms with Crippen LogP contribution in [0.25, 0.3) is 0 Å². The monoisotopic (exact) mass is 149 g/mol. The maximum atomic E-state index is 10.5. The van der Waals surface area contributed by atoms with Crippen molar-refractivity contribution >= 4 is 17.0 Å². The lowest BCUT2D eigenvalue weighted by molar-refractivity contribution is 0.261. The van der Waals surface area contributed by atoms with Gasteiger partial charge < -0.3 is 10.4 Å². The Balaban J connectivity index is 3.06. The van der Waals surface area contributed by atoms with E-state index >= 15 is 0 Å². The van der Waals surface area contributed by atoms with Gasteiger partial charge in [-0.1, -0.05) is 11.8 Å². The smallest absolute Gasteiger partial charge is 0.279 e. The Bertz CT molecular complexity index is 87.0. The predicted molar refractivity (Wildman–Crippen MR) is 38.6 cm³/mol. The molecule has 0 saturated heterocycles. The molecule has 3 nitrogen and oxygen atoms in total. The van der Waals surface area contributed by atoms with Crippen LogP contribution in [-0.2, 0) is 0 Å². The fourth-order valence-corrected chi connectivity index (χ4v) is 0.857. The van der Waals surface area contributed by atoms with Crippen LogP contribution in [0, 0.1) is 0 Å². The highest BCUT2D eigenvalue weighted by molar-refractivity contribution is 8.13. The molecule has 0 atom stereocenters. The molecule has 0 bridgehead atoms. The summed E-state index contributed by atoms with van der Waals surface area (Å²) in [5.74, 6) is 0.478. The molecule has 0 saturated carbocycles. The third kappa shape index (κ3) is 5.65. The van der Waals surface area contributed by atoms with Gasteiger partial charge >= 0.3 is 0 Å². The van der Waals surface area contributed by atoms with Gasteiger partial charge in [0, 0.05) is 12.3 Å². The quantitative estimate of drug-likeness (QED) is 0.612. The zero-order chi connectivity index (χ0) is 7.11. The summed E-state index contributed by atoms with van der Waals surface area (Å²) in [5.41, 5.74) is 0. The maximum absolute atomic E-state index is 10.5. The topological polar surface area (TPSA) is 49.3 Å². The number of aliphatic hydroxyl groups is 1. The lowest BCUT2D eigenvalue weighted by Gasteiger charge is -1.97. The molecule has 0 aliphatic carbocycles. The molecule has 0 spiro atoms.